The van der Waals surface area contributed by atoms with Crippen molar-refractivity contribution >= 4 is 0 Å². The molecule has 4 nitrogen and oxygen atoms in total. The number of hydrogen-bond acceptors (Lipinski definition) is 4. The van der Waals surface area contributed by atoms with Gasteiger partial charge in [-0.05, 0) is 18.9 Å². The van der Waals surface area contributed by atoms with Crippen LogP contribution in [-0.2, 0) is 11.3 Å². The van der Waals surface area contributed by atoms with Gasteiger partial charge in [-0.15, -0.1) is 0 Å². The first-order valence-electron chi connectivity index (χ1n) is 5.78. The minimum absolute atomic E-state index is 0.360. The van der Waals surface area contributed by atoms with E-state index in [1.54, 1.807) is 13.4 Å². The average molecular weight is 221 g/mol. The summed E-state index contributed by atoms with van der Waals surface area (Å²) >= 11 is 0. The topological polar surface area (TPSA) is 38.2 Å². The van der Waals surface area contributed by atoms with Crippen LogP contribution in [0.15, 0.2) is 18.7 Å². The molecule has 0 bridgehead atoms. The minimum Gasteiger partial charge on any atom is -0.380 e. The van der Waals surface area contributed by atoms with Crippen molar-refractivity contribution in [3.8, 4) is 0 Å². The zero-order valence-electron chi connectivity index (χ0n) is 9.97. The molecule has 0 spiro atoms. The molecule has 2 heterocycles. The van der Waals surface area contributed by atoms with E-state index in [0.717, 1.165) is 19.6 Å². The summed E-state index contributed by atoms with van der Waals surface area (Å²) in [6, 6.07) is 0. The van der Waals surface area contributed by atoms with E-state index in [9.17, 15) is 0 Å². The molecule has 1 fully saturated rings. The molecular formula is C12H19N3O. The zero-order chi connectivity index (χ0) is 11.4. The van der Waals surface area contributed by atoms with Gasteiger partial charge in [0.15, 0.2) is 0 Å². The summed E-state index contributed by atoms with van der Waals surface area (Å²) in [7, 11) is 1.80. The maximum atomic E-state index is 5.50. The molecule has 2 rings (SSSR count). The molecular weight excluding hydrogens is 202 g/mol. The highest BCUT2D eigenvalue weighted by molar-refractivity contribution is 5.02. The molecule has 0 unspecified atom stereocenters. The Labute approximate surface area is 96.7 Å². The standard InChI is InChI=1S/C12H19N3O/c1-10-3-4-15(8-12(10)16-2)7-11-5-13-9-14-6-11/h5-6,9-10,12H,3-4,7-8H2,1-2H3/t10-,12-/m0/s1. The molecule has 1 saturated heterocycles. The van der Waals surface area contributed by atoms with Crippen molar-refractivity contribution in [3.05, 3.63) is 24.3 Å². The van der Waals surface area contributed by atoms with Crippen LogP contribution in [0.3, 0.4) is 0 Å². The van der Waals surface area contributed by atoms with Crippen molar-refractivity contribution in [2.24, 2.45) is 5.92 Å². The second-order valence-corrected chi connectivity index (χ2v) is 4.52. The van der Waals surface area contributed by atoms with Gasteiger partial charge in [0.25, 0.3) is 0 Å². The zero-order valence-corrected chi connectivity index (χ0v) is 9.97. The number of hydrogen-bond donors (Lipinski definition) is 0. The van der Waals surface area contributed by atoms with Crippen LogP contribution in [0.25, 0.3) is 0 Å². The quantitative estimate of drug-likeness (QED) is 0.772. The van der Waals surface area contributed by atoms with Gasteiger partial charge in [0.1, 0.15) is 6.33 Å². The Morgan fingerprint density at radius 2 is 2.19 bits per heavy atom. The predicted octanol–water partition coefficient (Wildman–Crippen LogP) is 1.33. The molecule has 0 saturated carbocycles. The smallest absolute Gasteiger partial charge is 0.115 e. The van der Waals surface area contributed by atoms with Crippen molar-refractivity contribution in [1.29, 1.82) is 0 Å². The van der Waals surface area contributed by atoms with Gasteiger partial charge in [0.05, 0.1) is 6.10 Å². The van der Waals surface area contributed by atoms with Crippen LogP contribution in [-0.4, -0.2) is 41.2 Å². The maximum Gasteiger partial charge on any atom is 0.115 e. The molecule has 88 valence electrons. The van der Waals surface area contributed by atoms with E-state index in [1.807, 2.05) is 12.4 Å². The predicted molar refractivity (Wildman–Crippen MR) is 61.9 cm³/mol. The van der Waals surface area contributed by atoms with Gasteiger partial charge >= 0.3 is 0 Å². The summed E-state index contributed by atoms with van der Waals surface area (Å²) in [5, 5.41) is 0. The lowest BCUT2D eigenvalue weighted by Gasteiger charge is -2.36. The Hall–Kier alpha value is -1.00. The fourth-order valence-electron chi connectivity index (χ4n) is 2.22. The first-order chi connectivity index (χ1) is 7.79. The molecule has 1 aliphatic heterocycles. The molecule has 2 atom stereocenters. The van der Waals surface area contributed by atoms with Crippen molar-refractivity contribution < 1.29 is 4.74 Å². The van der Waals surface area contributed by atoms with Gasteiger partial charge in [-0.1, -0.05) is 6.92 Å². The Balaban J connectivity index is 1.92. The molecule has 0 aliphatic carbocycles. The molecule has 0 radical (unpaired) electrons. The Morgan fingerprint density at radius 3 is 2.88 bits per heavy atom. The van der Waals surface area contributed by atoms with E-state index in [1.165, 1.54) is 12.0 Å². The van der Waals surface area contributed by atoms with E-state index in [0.29, 0.717) is 12.0 Å². The third-order valence-electron chi connectivity index (χ3n) is 3.30. The summed E-state index contributed by atoms with van der Waals surface area (Å²) < 4.78 is 5.50. The highest BCUT2D eigenvalue weighted by atomic mass is 16.5. The number of rotatable bonds is 3. The van der Waals surface area contributed by atoms with E-state index >= 15 is 0 Å². The monoisotopic (exact) mass is 221 g/mol. The second kappa shape index (κ2) is 5.37. The van der Waals surface area contributed by atoms with Gasteiger partial charge in [-0.3, -0.25) is 4.90 Å². The van der Waals surface area contributed by atoms with Gasteiger partial charge in [0.2, 0.25) is 0 Å². The lowest BCUT2D eigenvalue weighted by atomic mass is 9.95. The van der Waals surface area contributed by atoms with Crippen LogP contribution in [0, 0.1) is 5.92 Å². The van der Waals surface area contributed by atoms with Crippen LogP contribution >= 0.6 is 0 Å². The molecule has 0 aromatic carbocycles. The van der Waals surface area contributed by atoms with Gasteiger partial charge in [0, 0.05) is 38.2 Å². The van der Waals surface area contributed by atoms with Crippen molar-refractivity contribution in [3.63, 3.8) is 0 Å². The van der Waals surface area contributed by atoms with Gasteiger partial charge in [-0.25, -0.2) is 9.97 Å². The van der Waals surface area contributed by atoms with Crippen LogP contribution in [0.5, 0.6) is 0 Å². The third kappa shape index (κ3) is 2.77. The molecule has 1 aromatic rings. The van der Waals surface area contributed by atoms with E-state index < -0.39 is 0 Å². The number of piperidine rings is 1. The number of likely N-dealkylation sites (tertiary alicyclic amines) is 1. The Kier molecular flexibility index (Phi) is 3.85. The lowest BCUT2D eigenvalue weighted by Crippen LogP contribution is -2.43. The summed E-state index contributed by atoms with van der Waals surface area (Å²) in [5.41, 5.74) is 1.17. The van der Waals surface area contributed by atoms with Crippen molar-refractivity contribution in [2.45, 2.75) is 26.0 Å². The molecule has 0 amide bonds. The highest BCUT2D eigenvalue weighted by Gasteiger charge is 2.25. The Morgan fingerprint density at radius 1 is 1.44 bits per heavy atom. The SMILES string of the molecule is CO[C@H]1CN(Cc2cncnc2)CC[C@@H]1C. The fraction of sp³-hybridized carbons (Fsp3) is 0.667. The highest BCUT2D eigenvalue weighted by Crippen LogP contribution is 2.20. The largest absolute Gasteiger partial charge is 0.380 e. The van der Waals surface area contributed by atoms with Crippen molar-refractivity contribution in [2.75, 3.05) is 20.2 Å². The average Bonchev–Trinajstić information content (AvgIpc) is 2.33. The number of aromatic nitrogens is 2. The van der Waals surface area contributed by atoms with E-state index in [4.69, 9.17) is 4.74 Å². The Bertz CT molecular complexity index is 317. The van der Waals surface area contributed by atoms with Crippen LogP contribution in [0.4, 0.5) is 0 Å². The summed E-state index contributed by atoms with van der Waals surface area (Å²) in [6.07, 6.45) is 6.89. The van der Waals surface area contributed by atoms with E-state index in [-0.39, 0.29) is 0 Å². The minimum atomic E-state index is 0.360. The summed E-state index contributed by atoms with van der Waals surface area (Å²) in [4.78, 5) is 10.5. The molecule has 0 N–H and O–H groups in total. The number of ether oxygens (including phenoxy) is 1. The maximum absolute atomic E-state index is 5.50. The van der Waals surface area contributed by atoms with Crippen molar-refractivity contribution in [1.82, 2.24) is 14.9 Å². The van der Waals surface area contributed by atoms with E-state index in [2.05, 4.69) is 21.8 Å². The number of methoxy groups -OCH3 is 1. The van der Waals surface area contributed by atoms with Crippen LogP contribution in [0.2, 0.25) is 0 Å². The van der Waals surface area contributed by atoms with Gasteiger partial charge < -0.3 is 4.74 Å². The summed E-state index contributed by atoms with van der Waals surface area (Å²) in [6.45, 7) is 5.33. The lowest BCUT2D eigenvalue weighted by molar-refractivity contribution is -0.00750. The first-order valence-corrected chi connectivity index (χ1v) is 5.78. The first kappa shape index (κ1) is 11.5. The molecule has 1 aliphatic rings. The van der Waals surface area contributed by atoms with Gasteiger partial charge in [-0.2, -0.15) is 0 Å². The molecule has 4 heteroatoms. The fourth-order valence-corrected chi connectivity index (χ4v) is 2.22. The number of nitrogens with zero attached hydrogens (tertiary/aromatic N) is 3. The normalized spacial score (nSPS) is 26.9. The van der Waals surface area contributed by atoms with Crippen LogP contribution < -0.4 is 0 Å². The van der Waals surface area contributed by atoms with Crippen LogP contribution in [0.1, 0.15) is 18.9 Å². The second-order valence-electron chi connectivity index (χ2n) is 4.52. The summed E-state index contributed by atoms with van der Waals surface area (Å²) in [5.74, 6) is 0.660. The molecule has 16 heavy (non-hydrogen) atoms. The molecule has 1 aromatic heterocycles. The third-order valence-corrected chi connectivity index (χ3v) is 3.30.